The zero-order valence-corrected chi connectivity index (χ0v) is 21.0. The van der Waals surface area contributed by atoms with Gasteiger partial charge in [-0.25, -0.2) is 0 Å². The second kappa shape index (κ2) is 13.4. The molecule has 1 aromatic carbocycles. The summed E-state index contributed by atoms with van der Waals surface area (Å²) in [7, 11) is 0. The van der Waals surface area contributed by atoms with Gasteiger partial charge in [0.2, 0.25) is 17.2 Å². The van der Waals surface area contributed by atoms with Crippen LogP contribution in [0.3, 0.4) is 0 Å². The molecule has 0 unspecified atom stereocenters. The minimum absolute atomic E-state index is 0.194. The van der Waals surface area contributed by atoms with Crippen LogP contribution in [-0.4, -0.2) is 33.5 Å². The van der Waals surface area contributed by atoms with E-state index in [-0.39, 0.29) is 17.3 Å². The number of nitrogens with one attached hydrogen (secondary N) is 2. The van der Waals surface area contributed by atoms with Crippen molar-refractivity contribution in [2.24, 2.45) is 0 Å². The Hall–Kier alpha value is -1.96. The first kappa shape index (κ1) is 26.1. The van der Waals surface area contributed by atoms with E-state index in [0.29, 0.717) is 38.6 Å². The summed E-state index contributed by atoms with van der Waals surface area (Å²) < 4.78 is 6.35. The number of rotatable bonds is 7. The quantitative estimate of drug-likeness (QED) is 0.333. The molecule has 2 rings (SSSR count). The smallest absolute Gasteiger partial charge is 0.311 e. The second-order valence-electron chi connectivity index (χ2n) is 6.19. The fraction of sp³-hybridized carbons (Fsp3) is 0.421. The van der Waals surface area contributed by atoms with Crippen LogP contribution in [0.1, 0.15) is 46.1 Å². The number of halogens is 3. The van der Waals surface area contributed by atoms with E-state index in [4.69, 9.17) is 21.6 Å². The molecule has 0 amide bonds. The molecule has 2 N–H and O–H groups in total. The molecule has 0 aliphatic carbocycles. The van der Waals surface area contributed by atoms with Gasteiger partial charge in [-0.05, 0) is 82.8 Å². The van der Waals surface area contributed by atoms with Gasteiger partial charge in [0.15, 0.2) is 5.75 Å². The monoisotopic (exact) mass is 560 g/mol. The van der Waals surface area contributed by atoms with Crippen molar-refractivity contribution in [3.63, 3.8) is 0 Å². The van der Waals surface area contributed by atoms with Gasteiger partial charge < -0.3 is 15.4 Å². The zero-order valence-electron chi connectivity index (χ0n) is 17.1. The molecule has 11 heteroatoms. The molecule has 162 valence electrons. The highest BCUT2D eigenvalue weighted by Gasteiger charge is 2.12. The number of benzene rings is 1. The lowest BCUT2D eigenvalue weighted by molar-refractivity contribution is -0.134. The van der Waals surface area contributed by atoms with Gasteiger partial charge in [-0.3, -0.25) is 4.79 Å². The van der Waals surface area contributed by atoms with Crippen LogP contribution in [0, 0.1) is 11.3 Å². The lowest BCUT2D eigenvalue weighted by atomic mass is 10.2. The van der Waals surface area contributed by atoms with Gasteiger partial charge in [0, 0.05) is 19.0 Å². The number of anilines is 2. The first-order valence-corrected chi connectivity index (χ1v) is 11.2. The predicted octanol–water partition coefficient (Wildman–Crippen LogP) is 5.57. The first-order chi connectivity index (χ1) is 14.2. The number of carbonyl (C=O) groups is 1. The van der Waals surface area contributed by atoms with Crippen molar-refractivity contribution in [1.29, 1.82) is 5.26 Å². The molecule has 30 heavy (non-hydrogen) atoms. The minimum Gasteiger partial charge on any atom is -0.424 e. The second-order valence-corrected chi connectivity index (χ2v) is 8.23. The molecule has 0 bridgehead atoms. The zero-order chi connectivity index (χ0) is 22.7. The van der Waals surface area contributed by atoms with Gasteiger partial charge in [0.25, 0.3) is 0 Å². The van der Waals surface area contributed by atoms with Gasteiger partial charge in [-0.2, -0.15) is 20.2 Å². The molecule has 0 saturated heterocycles. The minimum atomic E-state index is -0.284. The standard InChI is InChI=1S/C11H9Br2NO2.C8H14ClN5/c1-2-3-10(15)16-11-8(12)4-7(6-14)5-9(11)13;1-4-10-7-12-6(9)13-8(14-7)11-5(2)3/h4-5H,2-3H2,1H3;5H,4H2,1-3H3,(H2,10,11,12,13,14). The number of aromatic nitrogens is 3. The molecule has 0 fully saturated rings. The van der Waals surface area contributed by atoms with Crippen LogP contribution in [0.2, 0.25) is 5.28 Å². The summed E-state index contributed by atoms with van der Waals surface area (Å²) in [6.45, 7) is 8.63. The Morgan fingerprint density at radius 2 is 1.80 bits per heavy atom. The van der Waals surface area contributed by atoms with Gasteiger partial charge in [-0.1, -0.05) is 6.92 Å². The maximum Gasteiger partial charge on any atom is 0.311 e. The summed E-state index contributed by atoms with van der Waals surface area (Å²) in [6, 6.07) is 5.50. The third-order valence-electron chi connectivity index (χ3n) is 3.16. The van der Waals surface area contributed by atoms with Crippen LogP contribution in [0.25, 0.3) is 0 Å². The number of esters is 1. The molecule has 0 saturated carbocycles. The van der Waals surface area contributed by atoms with Gasteiger partial charge in [0.1, 0.15) is 0 Å². The van der Waals surface area contributed by atoms with E-state index in [1.54, 1.807) is 12.1 Å². The predicted molar refractivity (Wildman–Crippen MR) is 125 cm³/mol. The Balaban J connectivity index is 0.000000303. The molecule has 1 aromatic heterocycles. The van der Waals surface area contributed by atoms with Crippen molar-refractivity contribution < 1.29 is 9.53 Å². The van der Waals surface area contributed by atoms with E-state index in [0.717, 1.165) is 13.0 Å². The molecule has 1 heterocycles. The van der Waals surface area contributed by atoms with E-state index in [1.165, 1.54) is 0 Å². The summed E-state index contributed by atoms with van der Waals surface area (Å²) in [6.07, 6.45) is 1.11. The summed E-state index contributed by atoms with van der Waals surface area (Å²) >= 11 is 12.2. The highest BCUT2D eigenvalue weighted by molar-refractivity contribution is 9.11. The molecule has 0 radical (unpaired) electrons. The number of ether oxygens (including phenoxy) is 1. The first-order valence-electron chi connectivity index (χ1n) is 9.21. The average molecular weight is 563 g/mol. The number of carbonyl (C=O) groups excluding carboxylic acids is 1. The molecular formula is C19H23Br2ClN6O2. The van der Waals surface area contributed by atoms with Crippen LogP contribution < -0.4 is 15.4 Å². The molecule has 0 atom stereocenters. The fourth-order valence-corrected chi connectivity index (χ4v) is 3.51. The largest absolute Gasteiger partial charge is 0.424 e. The average Bonchev–Trinajstić information content (AvgIpc) is 2.64. The Morgan fingerprint density at radius 1 is 1.20 bits per heavy atom. The van der Waals surface area contributed by atoms with Crippen molar-refractivity contribution in [3.8, 4) is 11.8 Å². The SMILES string of the molecule is CCCC(=O)Oc1c(Br)cc(C#N)cc1Br.CCNc1nc(Cl)nc(NC(C)C)n1. The van der Waals surface area contributed by atoms with Crippen LogP contribution >= 0.6 is 43.5 Å². The van der Waals surface area contributed by atoms with Gasteiger partial charge >= 0.3 is 5.97 Å². The van der Waals surface area contributed by atoms with Crippen molar-refractivity contribution in [1.82, 2.24) is 15.0 Å². The maximum absolute atomic E-state index is 11.3. The van der Waals surface area contributed by atoms with Gasteiger partial charge in [0.05, 0.1) is 20.6 Å². The number of nitrogens with zero attached hydrogens (tertiary/aromatic N) is 4. The van der Waals surface area contributed by atoms with Gasteiger partial charge in [-0.15, -0.1) is 0 Å². The maximum atomic E-state index is 11.3. The highest BCUT2D eigenvalue weighted by Crippen LogP contribution is 2.34. The van der Waals surface area contributed by atoms with Crippen LogP contribution in [0.5, 0.6) is 5.75 Å². The number of hydrogen-bond acceptors (Lipinski definition) is 8. The number of nitriles is 1. The van der Waals surface area contributed by atoms with E-state index in [1.807, 2.05) is 33.8 Å². The molecule has 2 aromatic rings. The Morgan fingerprint density at radius 3 is 2.30 bits per heavy atom. The normalized spacial score (nSPS) is 9.97. The molecule has 8 nitrogen and oxygen atoms in total. The summed E-state index contributed by atoms with van der Waals surface area (Å²) in [5, 5.41) is 15.0. The third-order valence-corrected chi connectivity index (χ3v) is 4.51. The summed E-state index contributed by atoms with van der Waals surface area (Å²) in [5.41, 5.74) is 0.494. The van der Waals surface area contributed by atoms with Crippen LogP contribution in [0.15, 0.2) is 21.1 Å². The van der Waals surface area contributed by atoms with Crippen molar-refractivity contribution in [3.05, 3.63) is 31.9 Å². The summed E-state index contributed by atoms with van der Waals surface area (Å²) in [4.78, 5) is 23.3. The topological polar surface area (TPSA) is 113 Å². The Kier molecular flexibility index (Phi) is 11.6. The molecule has 0 spiro atoms. The Labute approximate surface area is 198 Å². The molecule has 0 aliphatic rings. The summed E-state index contributed by atoms with van der Waals surface area (Å²) in [5.74, 6) is 1.12. The van der Waals surface area contributed by atoms with E-state index in [9.17, 15) is 4.79 Å². The Bertz CT molecular complexity index is 882. The lowest BCUT2D eigenvalue weighted by Gasteiger charge is -2.09. The van der Waals surface area contributed by atoms with Crippen molar-refractivity contribution in [2.45, 2.75) is 46.6 Å². The molecular weight excluding hydrogens is 540 g/mol. The van der Waals surface area contributed by atoms with Crippen molar-refractivity contribution in [2.75, 3.05) is 17.2 Å². The fourth-order valence-electron chi connectivity index (χ4n) is 2.00. The van der Waals surface area contributed by atoms with Crippen LogP contribution in [0.4, 0.5) is 11.9 Å². The van der Waals surface area contributed by atoms with E-state index < -0.39 is 0 Å². The van der Waals surface area contributed by atoms with Crippen molar-refractivity contribution >= 4 is 61.3 Å². The van der Waals surface area contributed by atoms with E-state index in [2.05, 4.69) is 57.4 Å². The highest BCUT2D eigenvalue weighted by atomic mass is 79.9. The lowest BCUT2D eigenvalue weighted by Crippen LogP contribution is -2.14. The molecule has 0 aliphatic heterocycles. The number of hydrogen-bond donors (Lipinski definition) is 2. The third kappa shape index (κ3) is 9.24. The van der Waals surface area contributed by atoms with Crippen LogP contribution in [-0.2, 0) is 4.79 Å². The van der Waals surface area contributed by atoms with E-state index >= 15 is 0 Å².